The second-order valence-electron chi connectivity index (χ2n) is 8.85. The molecule has 1 aromatic heterocycles. The number of hydrogen-bond acceptors (Lipinski definition) is 3. The first-order valence-corrected chi connectivity index (χ1v) is 11.6. The Balaban J connectivity index is 1.08. The van der Waals surface area contributed by atoms with E-state index in [1.165, 1.54) is 32.5 Å². The number of imide groups is 1. The molecule has 0 fully saturated rings. The maximum atomic E-state index is 12.4. The molecular weight excluding hydrogens is 398 g/mol. The van der Waals surface area contributed by atoms with E-state index in [1.807, 2.05) is 12.1 Å². The zero-order valence-electron chi connectivity index (χ0n) is 18.6. The molecule has 1 N–H and O–H groups in total. The number of H-pyrrole nitrogens is 1. The van der Waals surface area contributed by atoms with Gasteiger partial charge in [-0.15, -0.1) is 0 Å². The molecule has 0 radical (unpaired) electrons. The molecule has 2 aromatic carbocycles. The molecule has 0 spiro atoms. The monoisotopic (exact) mass is 427 g/mol. The maximum Gasteiger partial charge on any atom is 0.261 e. The summed E-state index contributed by atoms with van der Waals surface area (Å²) in [5.74, 6) is -0.293. The summed E-state index contributed by atoms with van der Waals surface area (Å²) < 4.78 is 0. The second-order valence-corrected chi connectivity index (χ2v) is 8.85. The Labute approximate surface area is 188 Å². The van der Waals surface area contributed by atoms with E-state index in [1.54, 1.807) is 12.1 Å². The van der Waals surface area contributed by atoms with Crippen molar-refractivity contribution in [3.63, 3.8) is 0 Å². The molecule has 2 aliphatic rings. The van der Waals surface area contributed by atoms with Gasteiger partial charge in [0, 0.05) is 42.3 Å². The van der Waals surface area contributed by atoms with Crippen LogP contribution in [0.25, 0.3) is 16.5 Å². The highest BCUT2D eigenvalue weighted by Crippen LogP contribution is 2.30. The lowest BCUT2D eigenvalue weighted by molar-refractivity contribution is 0.0651. The van der Waals surface area contributed by atoms with Crippen LogP contribution < -0.4 is 0 Å². The minimum absolute atomic E-state index is 0.147. The maximum absolute atomic E-state index is 12.4. The number of carbonyl (C=O) groups is 2. The third kappa shape index (κ3) is 3.78. The number of benzene rings is 2. The van der Waals surface area contributed by atoms with Crippen LogP contribution in [0, 0.1) is 6.92 Å². The van der Waals surface area contributed by atoms with Crippen molar-refractivity contribution < 1.29 is 9.59 Å². The van der Waals surface area contributed by atoms with Crippen LogP contribution in [0.15, 0.2) is 54.7 Å². The molecule has 2 amide bonds. The molecule has 5 rings (SSSR count). The van der Waals surface area contributed by atoms with Crippen LogP contribution in [0.3, 0.4) is 0 Å². The summed E-state index contributed by atoms with van der Waals surface area (Å²) in [5, 5.41) is 1.32. The Hall–Kier alpha value is -3.18. The Morgan fingerprint density at radius 2 is 1.62 bits per heavy atom. The highest BCUT2D eigenvalue weighted by Gasteiger charge is 2.34. The minimum atomic E-state index is -0.147. The molecule has 0 saturated carbocycles. The Bertz CT molecular complexity index is 1170. The Kier molecular flexibility index (Phi) is 5.66. The van der Waals surface area contributed by atoms with Gasteiger partial charge < -0.3 is 4.98 Å². The highest BCUT2D eigenvalue weighted by atomic mass is 16.2. The number of rotatable bonds is 7. The zero-order valence-corrected chi connectivity index (χ0v) is 18.6. The summed E-state index contributed by atoms with van der Waals surface area (Å²) in [5.41, 5.74) is 6.38. The normalized spacial score (nSPS) is 16.7. The molecule has 0 atom stereocenters. The van der Waals surface area contributed by atoms with Crippen molar-refractivity contribution in [1.29, 1.82) is 0 Å². The van der Waals surface area contributed by atoms with Gasteiger partial charge in [0.05, 0.1) is 11.1 Å². The van der Waals surface area contributed by atoms with E-state index < -0.39 is 0 Å². The van der Waals surface area contributed by atoms with Crippen molar-refractivity contribution in [1.82, 2.24) is 14.8 Å². The van der Waals surface area contributed by atoms with Crippen LogP contribution in [-0.2, 0) is 0 Å². The molecule has 3 aromatic rings. The van der Waals surface area contributed by atoms with Crippen LogP contribution >= 0.6 is 0 Å². The first-order valence-electron chi connectivity index (χ1n) is 11.6. The van der Waals surface area contributed by atoms with Gasteiger partial charge in [-0.05, 0) is 56.0 Å². The number of hydrogen-bond donors (Lipinski definition) is 1. The van der Waals surface area contributed by atoms with E-state index in [0.29, 0.717) is 17.7 Å². The zero-order chi connectivity index (χ0) is 22.1. The van der Waals surface area contributed by atoms with Gasteiger partial charge in [-0.3, -0.25) is 19.4 Å². The molecule has 32 heavy (non-hydrogen) atoms. The van der Waals surface area contributed by atoms with Gasteiger partial charge in [-0.2, -0.15) is 0 Å². The number of carbonyl (C=O) groups excluding carboxylic acids is 2. The van der Waals surface area contributed by atoms with Crippen LogP contribution in [0.5, 0.6) is 0 Å². The topological polar surface area (TPSA) is 56.4 Å². The van der Waals surface area contributed by atoms with Gasteiger partial charge in [0.15, 0.2) is 0 Å². The van der Waals surface area contributed by atoms with Gasteiger partial charge in [0.1, 0.15) is 0 Å². The summed E-state index contributed by atoms with van der Waals surface area (Å²) in [6.07, 6.45) is 8.54. The fourth-order valence-corrected chi connectivity index (χ4v) is 4.95. The number of fused-ring (bicyclic) bond motifs is 2. The van der Waals surface area contributed by atoms with Crippen molar-refractivity contribution in [2.24, 2.45) is 0 Å². The van der Waals surface area contributed by atoms with Gasteiger partial charge >= 0.3 is 0 Å². The standard InChI is InChI=1S/C27H29N3O2/c1-19-8-7-11-21-24(18-28-25(19)21)20-12-16-29(17-13-20)14-5-2-6-15-30-26(31)22-9-3-4-10-23(22)27(30)32/h3-4,7-12,18,28H,2,5-6,13-17H2,1H3. The van der Waals surface area contributed by atoms with Crippen LogP contribution in [-0.4, -0.2) is 52.8 Å². The molecule has 0 aliphatic carbocycles. The van der Waals surface area contributed by atoms with Crippen molar-refractivity contribution in [2.45, 2.75) is 32.6 Å². The van der Waals surface area contributed by atoms with E-state index in [4.69, 9.17) is 0 Å². The lowest BCUT2D eigenvalue weighted by Gasteiger charge is -2.26. The fraction of sp³-hybridized carbons (Fsp3) is 0.333. The average Bonchev–Trinajstić information content (AvgIpc) is 3.36. The third-order valence-electron chi connectivity index (χ3n) is 6.80. The highest BCUT2D eigenvalue weighted by molar-refractivity contribution is 6.21. The van der Waals surface area contributed by atoms with Gasteiger partial charge in [-0.1, -0.05) is 42.8 Å². The number of aromatic nitrogens is 1. The van der Waals surface area contributed by atoms with Crippen LogP contribution in [0.2, 0.25) is 0 Å². The van der Waals surface area contributed by atoms with Crippen molar-refractivity contribution in [3.05, 3.63) is 77.0 Å². The molecule has 5 heteroatoms. The average molecular weight is 428 g/mol. The second kappa shape index (κ2) is 8.75. The van der Waals surface area contributed by atoms with E-state index in [2.05, 4.69) is 47.3 Å². The predicted octanol–water partition coefficient (Wildman–Crippen LogP) is 5.03. The molecule has 5 nitrogen and oxygen atoms in total. The summed E-state index contributed by atoms with van der Waals surface area (Å²) in [6.45, 7) is 5.76. The summed E-state index contributed by atoms with van der Waals surface area (Å²) in [7, 11) is 0. The van der Waals surface area contributed by atoms with Crippen molar-refractivity contribution in [2.75, 3.05) is 26.2 Å². The van der Waals surface area contributed by atoms with Crippen LogP contribution in [0.1, 0.15) is 57.5 Å². The number of nitrogens with zero attached hydrogens (tertiary/aromatic N) is 2. The number of para-hydroxylation sites is 1. The van der Waals surface area contributed by atoms with E-state index >= 15 is 0 Å². The van der Waals surface area contributed by atoms with Gasteiger partial charge in [-0.25, -0.2) is 0 Å². The molecular formula is C27H29N3O2. The first-order chi connectivity index (χ1) is 15.6. The SMILES string of the molecule is Cc1cccc2c(C3=CCN(CCCCCN4C(=O)c5ccccc5C4=O)CC3)c[nH]c12. The number of unbranched alkanes of at least 4 members (excludes halogenated alkanes) is 2. The first kappa shape index (κ1) is 20.7. The van der Waals surface area contributed by atoms with E-state index in [0.717, 1.165) is 45.3 Å². The Morgan fingerprint density at radius 1 is 0.875 bits per heavy atom. The largest absolute Gasteiger partial charge is 0.360 e. The van der Waals surface area contributed by atoms with Crippen LogP contribution in [0.4, 0.5) is 0 Å². The quantitative estimate of drug-likeness (QED) is 0.425. The molecule has 3 heterocycles. The number of aryl methyl sites for hydroxylation is 1. The van der Waals surface area contributed by atoms with E-state index in [9.17, 15) is 9.59 Å². The Morgan fingerprint density at radius 3 is 2.34 bits per heavy atom. The molecule has 0 saturated heterocycles. The molecule has 0 bridgehead atoms. The minimum Gasteiger partial charge on any atom is -0.360 e. The molecule has 164 valence electrons. The predicted molar refractivity (Wildman–Crippen MR) is 128 cm³/mol. The van der Waals surface area contributed by atoms with Gasteiger partial charge in [0.25, 0.3) is 11.8 Å². The lowest BCUT2D eigenvalue weighted by Crippen LogP contribution is -2.31. The fourth-order valence-electron chi connectivity index (χ4n) is 4.95. The lowest BCUT2D eigenvalue weighted by atomic mass is 9.98. The summed E-state index contributed by atoms with van der Waals surface area (Å²) in [4.78, 5) is 32.2. The molecule has 2 aliphatic heterocycles. The van der Waals surface area contributed by atoms with Crippen molar-refractivity contribution >= 4 is 28.3 Å². The number of aromatic amines is 1. The summed E-state index contributed by atoms with van der Waals surface area (Å²) in [6, 6.07) is 13.6. The van der Waals surface area contributed by atoms with E-state index in [-0.39, 0.29) is 11.8 Å². The summed E-state index contributed by atoms with van der Waals surface area (Å²) >= 11 is 0. The van der Waals surface area contributed by atoms with Crippen molar-refractivity contribution in [3.8, 4) is 0 Å². The smallest absolute Gasteiger partial charge is 0.261 e. The number of nitrogens with one attached hydrogen (secondary N) is 1. The van der Waals surface area contributed by atoms with Gasteiger partial charge in [0.2, 0.25) is 0 Å². The molecule has 0 unspecified atom stereocenters. The third-order valence-corrected chi connectivity index (χ3v) is 6.80. The number of amides is 2.